The molecule has 2 aromatic rings. The number of sulfone groups is 1. The summed E-state index contributed by atoms with van der Waals surface area (Å²) >= 11 is 1.16. The molecule has 150 valence electrons. The van der Waals surface area contributed by atoms with E-state index in [0.29, 0.717) is 28.2 Å². The maximum atomic E-state index is 12.3. The lowest BCUT2D eigenvalue weighted by molar-refractivity contribution is -0.141. The number of methoxy groups -OCH3 is 1. The molecular formula is C17H19N3O6S2. The number of amides is 3. The number of hydrogen-bond donors (Lipinski definition) is 0. The first-order chi connectivity index (χ1) is 13.2. The van der Waals surface area contributed by atoms with Crippen LogP contribution in [0.25, 0.3) is 10.2 Å². The maximum Gasteiger partial charge on any atom is 0.268 e. The van der Waals surface area contributed by atoms with Crippen LogP contribution in [0.15, 0.2) is 28.1 Å². The highest BCUT2D eigenvalue weighted by molar-refractivity contribution is 7.90. The number of nitrogens with zero attached hydrogens (tertiary/aromatic N) is 3. The molecule has 3 rings (SSSR count). The summed E-state index contributed by atoms with van der Waals surface area (Å²) in [5.41, 5.74) is 0.717. The second-order valence-electron chi connectivity index (χ2n) is 6.31. The van der Waals surface area contributed by atoms with E-state index in [4.69, 9.17) is 4.74 Å². The molecule has 3 amide bonds. The van der Waals surface area contributed by atoms with Crippen LogP contribution in [0.4, 0.5) is 0 Å². The molecule has 1 fully saturated rings. The molecule has 1 aliphatic heterocycles. The van der Waals surface area contributed by atoms with Gasteiger partial charge in [-0.1, -0.05) is 11.3 Å². The van der Waals surface area contributed by atoms with E-state index in [1.165, 1.54) is 12.1 Å². The van der Waals surface area contributed by atoms with Crippen LogP contribution in [0.1, 0.15) is 12.8 Å². The van der Waals surface area contributed by atoms with E-state index >= 15 is 0 Å². The number of fused-ring (bicyclic) bond motifs is 1. The third-order valence-corrected chi connectivity index (χ3v) is 6.42. The fourth-order valence-corrected chi connectivity index (χ4v) is 4.68. The number of imide groups is 1. The zero-order valence-electron chi connectivity index (χ0n) is 15.4. The Kier molecular flexibility index (Phi) is 5.77. The molecule has 1 aromatic heterocycles. The predicted octanol–water partition coefficient (Wildman–Crippen LogP) is 0.329. The Hall–Kier alpha value is -2.37. The standard InChI is InChI=1S/C17H19N3O6S2/c1-26-8-7-19-12-4-3-11(28(2,24)25)9-13(12)27-17(19)18-14(21)10-20-15(22)5-6-16(20)23/h3-4,9H,5-8,10H2,1-2H3. The Morgan fingerprint density at radius 2 is 1.93 bits per heavy atom. The van der Waals surface area contributed by atoms with Crippen LogP contribution in [-0.4, -0.2) is 62.1 Å². The summed E-state index contributed by atoms with van der Waals surface area (Å²) in [5, 5.41) is 0. The van der Waals surface area contributed by atoms with Crippen LogP contribution in [0.3, 0.4) is 0 Å². The Labute approximate surface area is 165 Å². The third-order valence-electron chi connectivity index (χ3n) is 4.27. The van der Waals surface area contributed by atoms with E-state index in [1.807, 2.05) is 0 Å². The SMILES string of the molecule is COCCn1c(=NC(=O)CN2C(=O)CCC2=O)sc2cc(S(C)(=O)=O)ccc21. The van der Waals surface area contributed by atoms with Crippen molar-refractivity contribution in [2.24, 2.45) is 4.99 Å². The zero-order chi connectivity index (χ0) is 20.5. The highest BCUT2D eigenvalue weighted by Gasteiger charge is 2.30. The second-order valence-corrected chi connectivity index (χ2v) is 9.33. The largest absolute Gasteiger partial charge is 0.383 e. The molecule has 28 heavy (non-hydrogen) atoms. The molecule has 9 nitrogen and oxygen atoms in total. The molecule has 0 aliphatic carbocycles. The van der Waals surface area contributed by atoms with E-state index in [0.717, 1.165) is 22.5 Å². The lowest BCUT2D eigenvalue weighted by atomic mass is 10.3. The van der Waals surface area contributed by atoms with Crippen molar-refractivity contribution in [3.05, 3.63) is 23.0 Å². The number of likely N-dealkylation sites (tertiary alicyclic amines) is 1. The van der Waals surface area contributed by atoms with Crippen molar-refractivity contribution in [3.8, 4) is 0 Å². The molecule has 0 unspecified atom stereocenters. The van der Waals surface area contributed by atoms with E-state index in [2.05, 4.69) is 4.99 Å². The Morgan fingerprint density at radius 3 is 2.54 bits per heavy atom. The molecule has 0 radical (unpaired) electrons. The van der Waals surface area contributed by atoms with Crippen LogP contribution in [-0.2, 0) is 35.5 Å². The van der Waals surface area contributed by atoms with E-state index < -0.39 is 22.3 Å². The molecule has 0 spiro atoms. The van der Waals surface area contributed by atoms with Crippen molar-refractivity contribution in [1.29, 1.82) is 0 Å². The third kappa shape index (κ3) is 4.21. The minimum Gasteiger partial charge on any atom is -0.383 e. The van der Waals surface area contributed by atoms with Crippen molar-refractivity contribution in [2.45, 2.75) is 24.3 Å². The van der Waals surface area contributed by atoms with Crippen molar-refractivity contribution in [3.63, 3.8) is 0 Å². The molecule has 1 saturated heterocycles. The van der Waals surface area contributed by atoms with Gasteiger partial charge < -0.3 is 9.30 Å². The Balaban J connectivity index is 2.02. The van der Waals surface area contributed by atoms with Gasteiger partial charge in [-0.05, 0) is 18.2 Å². The number of aromatic nitrogens is 1. The van der Waals surface area contributed by atoms with Crippen LogP contribution in [0, 0.1) is 0 Å². The summed E-state index contributed by atoms with van der Waals surface area (Å²) in [6.45, 7) is 0.372. The van der Waals surface area contributed by atoms with Crippen LogP contribution < -0.4 is 4.80 Å². The van der Waals surface area contributed by atoms with Gasteiger partial charge in [0.15, 0.2) is 14.6 Å². The smallest absolute Gasteiger partial charge is 0.268 e. The highest BCUT2D eigenvalue weighted by atomic mass is 32.2. The van der Waals surface area contributed by atoms with Crippen LogP contribution in [0.5, 0.6) is 0 Å². The number of benzene rings is 1. The van der Waals surface area contributed by atoms with Gasteiger partial charge in [-0.15, -0.1) is 0 Å². The normalized spacial score (nSPS) is 15.8. The minimum absolute atomic E-state index is 0.108. The van der Waals surface area contributed by atoms with Gasteiger partial charge >= 0.3 is 0 Å². The van der Waals surface area contributed by atoms with Gasteiger partial charge in [0.2, 0.25) is 11.8 Å². The minimum atomic E-state index is -3.37. The summed E-state index contributed by atoms with van der Waals surface area (Å²) in [6, 6.07) is 4.70. The number of carbonyl (C=O) groups is 3. The first kappa shape index (κ1) is 20.4. The van der Waals surface area contributed by atoms with Crippen molar-refractivity contribution in [2.75, 3.05) is 26.5 Å². The summed E-state index contributed by atoms with van der Waals surface area (Å²) in [5.74, 6) is -1.38. The molecule has 11 heteroatoms. The lowest BCUT2D eigenvalue weighted by Crippen LogP contribution is -2.34. The predicted molar refractivity (Wildman–Crippen MR) is 101 cm³/mol. The highest BCUT2D eigenvalue weighted by Crippen LogP contribution is 2.22. The molecule has 1 aliphatic rings. The molecule has 1 aromatic carbocycles. The summed E-state index contributed by atoms with van der Waals surface area (Å²) in [4.78, 5) is 41.2. The van der Waals surface area contributed by atoms with Crippen LogP contribution in [0.2, 0.25) is 0 Å². The number of thiazole rings is 1. The fourth-order valence-electron chi connectivity index (χ4n) is 2.84. The van der Waals surface area contributed by atoms with Crippen molar-refractivity contribution in [1.82, 2.24) is 9.47 Å². The number of carbonyl (C=O) groups excluding carboxylic acids is 3. The van der Waals surface area contributed by atoms with E-state index in [-0.39, 0.29) is 29.6 Å². The van der Waals surface area contributed by atoms with Crippen molar-refractivity contribution >= 4 is 49.1 Å². The molecule has 0 N–H and O–H groups in total. The van der Waals surface area contributed by atoms with Crippen molar-refractivity contribution < 1.29 is 27.5 Å². The molecule has 0 bridgehead atoms. The van der Waals surface area contributed by atoms with Crippen LogP contribution >= 0.6 is 11.3 Å². The quantitative estimate of drug-likeness (QED) is 0.616. The van der Waals surface area contributed by atoms with Gasteiger partial charge in [0, 0.05) is 32.8 Å². The van der Waals surface area contributed by atoms with Gasteiger partial charge in [-0.25, -0.2) is 8.42 Å². The Bertz CT molecular complexity index is 1110. The molecule has 0 atom stereocenters. The Morgan fingerprint density at radius 1 is 1.25 bits per heavy atom. The first-order valence-corrected chi connectivity index (χ1v) is 11.1. The average molecular weight is 425 g/mol. The van der Waals surface area contributed by atoms with Gasteiger partial charge in [-0.2, -0.15) is 4.99 Å². The lowest BCUT2D eigenvalue weighted by Gasteiger charge is -2.10. The molecular weight excluding hydrogens is 406 g/mol. The van der Waals surface area contributed by atoms with Gasteiger partial charge in [-0.3, -0.25) is 19.3 Å². The van der Waals surface area contributed by atoms with E-state index in [1.54, 1.807) is 17.7 Å². The van der Waals surface area contributed by atoms with Gasteiger partial charge in [0.25, 0.3) is 5.91 Å². The maximum absolute atomic E-state index is 12.3. The number of rotatable bonds is 6. The zero-order valence-corrected chi connectivity index (χ0v) is 17.0. The molecule has 0 saturated carbocycles. The first-order valence-electron chi connectivity index (χ1n) is 8.44. The number of hydrogen-bond acceptors (Lipinski definition) is 7. The van der Waals surface area contributed by atoms with Gasteiger partial charge in [0.1, 0.15) is 6.54 Å². The second kappa shape index (κ2) is 7.94. The average Bonchev–Trinajstić information content (AvgIpc) is 3.12. The molecule has 2 heterocycles. The topological polar surface area (TPSA) is 115 Å². The van der Waals surface area contributed by atoms with Gasteiger partial charge in [0.05, 0.1) is 21.7 Å². The summed E-state index contributed by atoms with van der Waals surface area (Å²) < 4.78 is 31.1. The van der Waals surface area contributed by atoms with E-state index in [9.17, 15) is 22.8 Å². The fraction of sp³-hybridized carbons (Fsp3) is 0.412. The summed E-state index contributed by atoms with van der Waals surface area (Å²) in [7, 11) is -1.83. The number of ether oxygens (including phenoxy) is 1. The summed E-state index contributed by atoms with van der Waals surface area (Å²) in [6.07, 6.45) is 1.34. The monoisotopic (exact) mass is 425 g/mol.